The maximum absolute atomic E-state index is 13.0. The zero-order chi connectivity index (χ0) is 17.9. The number of benzene rings is 1. The fourth-order valence-electron chi connectivity index (χ4n) is 2.27. The molecule has 0 unspecified atom stereocenters. The minimum absolute atomic E-state index is 0.0474. The molecule has 0 saturated heterocycles. The highest BCUT2D eigenvalue weighted by Gasteiger charge is 2.26. The summed E-state index contributed by atoms with van der Waals surface area (Å²) in [7, 11) is -3.77. The second-order valence-corrected chi connectivity index (χ2v) is 9.19. The van der Waals surface area contributed by atoms with Gasteiger partial charge in [-0.15, -0.1) is 22.7 Å². The first-order chi connectivity index (χ1) is 12.0. The van der Waals surface area contributed by atoms with Crippen LogP contribution in [0.2, 0.25) is 0 Å². The van der Waals surface area contributed by atoms with Crippen molar-refractivity contribution in [2.45, 2.75) is 18.0 Å². The number of rotatable bonds is 7. The lowest BCUT2D eigenvalue weighted by atomic mass is 10.3. The molecule has 3 rings (SSSR count). The molecule has 0 fully saturated rings. The van der Waals surface area contributed by atoms with Crippen LogP contribution in [0.3, 0.4) is 0 Å². The van der Waals surface area contributed by atoms with Gasteiger partial charge in [-0.3, -0.25) is 10.1 Å². The van der Waals surface area contributed by atoms with Gasteiger partial charge in [-0.1, -0.05) is 12.1 Å². The molecule has 0 N–H and O–H groups in total. The molecule has 130 valence electrons. The van der Waals surface area contributed by atoms with Gasteiger partial charge in [0.25, 0.3) is 5.69 Å². The van der Waals surface area contributed by atoms with Crippen LogP contribution in [0.1, 0.15) is 9.75 Å². The molecule has 0 saturated carbocycles. The lowest BCUT2D eigenvalue weighted by Crippen LogP contribution is -2.29. The van der Waals surface area contributed by atoms with Crippen LogP contribution in [0.4, 0.5) is 5.69 Å². The Morgan fingerprint density at radius 2 is 1.44 bits per heavy atom. The number of nitro benzene ring substituents is 1. The lowest BCUT2D eigenvalue weighted by molar-refractivity contribution is -0.384. The van der Waals surface area contributed by atoms with Crippen LogP contribution >= 0.6 is 22.7 Å². The molecule has 1 aromatic carbocycles. The van der Waals surface area contributed by atoms with E-state index in [0.717, 1.165) is 9.75 Å². The van der Waals surface area contributed by atoms with Crippen molar-refractivity contribution >= 4 is 38.4 Å². The van der Waals surface area contributed by atoms with Crippen LogP contribution in [0.15, 0.2) is 64.2 Å². The predicted molar refractivity (Wildman–Crippen MR) is 98.2 cm³/mol. The van der Waals surface area contributed by atoms with E-state index in [1.165, 1.54) is 51.2 Å². The summed E-state index contributed by atoms with van der Waals surface area (Å²) in [6.07, 6.45) is 0. The Morgan fingerprint density at radius 3 is 1.84 bits per heavy atom. The van der Waals surface area contributed by atoms with Crippen molar-refractivity contribution in [3.8, 4) is 0 Å². The second-order valence-electron chi connectivity index (χ2n) is 5.18. The van der Waals surface area contributed by atoms with Crippen molar-refractivity contribution in [3.05, 3.63) is 79.2 Å². The van der Waals surface area contributed by atoms with E-state index in [9.17, 15) is 18.5 Å². The molecular formula is C16H14N2O4S3. The van der Waals surface area contributed by atoms with Gasteiger partial charge in [-0.05, 0) is 35.0 Å². The number of thiophene rings is 2. The summed E-state index contributed by atoms with van der Waals surface area (Å²) in [5, 5.41) is 14.6. The maximum atomic E-state index is 13.0. The molecule has 9 heteroatoms. The first-order valence-corrected chi connectivity index (χ1v) is 10.5. The highest BCUT2D eigenvalue weighted by Crippen LogP contribution is 2.25. The Balaban J connectivity index is 1.93. The molecule has 0 amide bonds. The number of hydrogen-bond donors (Lipinski definition) is 0. The van der Waals surface area contributed by atoms with Gasteiger partial charge in [0.15, 0.2) is 0 Å². The van der Waals surface area contributed by atoms with Crippen molar-refractivity contribution in [2.24, 2.45) is 0 Å². The fraction of sp³-hybridized carbons (Fsp3) is 0.125. The molecule has 0 atom stereocenters. The number of hydrogen-bond acceptors (Lipinski definition) is 6. The van der Waals surface area contributed by atoms with E-state index < -0.39 is 14.9 Å². The largest absolute Gasteiger partial charge is 0.269 e. The lowest BCUT2D eigenvalue weighted by Gasteiger charge is -2.21. The minimum atomic E-state index is -3.77. The number of non-ortho nitro benzene ring substituents is 1. The van der Waals surface area contributed by atoms with Gasteiger partial charge in [0.1, 0.15) is 0 Å². The van der Waals surface area contributed by atoms with E-state index in [1.54, 1.807) is 0 Å². The van der Waals surface area contributed by atoms with E-state index >= 15 is 0 Å². The van der Waals surface area contributed by atoms with Gasteiger partial charge in [-0.2, -0.15) is 4.31 Å². The maximum Gasteiger partial charge on any atom is 0.269 e. The molecular weight excluding hydrogens is 380 g/mol. The van der Waals surface area contributed by atoms with Crippen LogP contribution in [0, 0.1) is 10.1 Å². The molecule has 3 aromatic rings. The molecule has 0 spiro atoms. The van der Waals surface area contributed by atoms with Crippen molar-refractivity contribution in [2.75, 3.05) is 0 Å². The summed E-state index contributed by atoms with van der Waals surface area (Å²) < 4.78 is 27.5. The van der Waals surface area contributed by atoms with Gasteiger partial charge in [0.05, 0.1) is 9.82 Å². The average molecular weight is 394 g/mol. The molecule has 25 heavy (non-hydrogen) atoms. The molecule has 0 radical (unpaired) electrons. The SMILES string of the molecule is O=[N+]([O-])c1ccc(S(=O)(=O)N(Cc2cccs2)Cc2cccs2)cc1. The summed E-state index contributed by atoms with van der Waals surface area (Å²) in [6, 6.07) is 12.5. The van der Waals surface area contributed by atoms with E-state index in [0.29, 0.717) is 0 Å². The predicted octanol–water partition coefficient (Wildman–Crippen LogP) is 4.11. The summed E-state index contributed by atoms with van der Waals surface area (Å²) >= 11 is 2.98. The molecule has 0 aliphatic heterocycles. The highest BCUT2D eigenvalue weighted by atomic mass is 32.2. The Morgan fingerprint density at radius 1 is 0.920 bits per heavy atom. The van der Waals surface area contributed by atoms with Gasteiger partial charge in [-0.25, -0.2) is 8.42 Å². The summed E-state index contributed by atoms with van der Waals surface area (Å²) in [5.74, 6) is 0. The Labute approximate surface area is 153 Å². The van der Waals surface area contributed by atoms with Crippen molar-refractivity contribution in [1.29, 1.82) is 0 Å². The highest BCUT2D eigenvalue weighted by molar-refractivity contribution is 7.89. The molecule has 0 aliphatic carbocycles. The monoisotopic (exact) mass is 394 g/mol. The van der Waals surface area contributed by atoms with Crippen LogP contribution < -0.4 is 0 Å². The molecule has 6 nitrogen and oxygen atoms in total. The molecule has 0 aliphatic rings. The first kappa shape index (κ1) is 17.7. The number of nitro groups is 1. The van der Waals surface area contributed by atoms with E-state index in [1.807, 2.05) is 35.0 Å². The average Bonchev–Trinajstić information content (AvgIpc) is 3.28. The topological polar surface area (TPSA) is 80.5 Å². The fourth-order valence-corrected chi connectivity index (χ4v) is 5.27. The third-order valence-electron chi connectivity index (χ3n) is 3.51. The van der Waals surface area contributed by atoms with Gasteiger partial charge < -0.3 is 0 Å². The molecule has 2 aromatic heterocycles. The van der Waals surface area contributed by atoms with Crippen molar-refractivity contribution < 1.29 is 13.3 Å². The van der Waals surface area contributed by atoms with Gasteiger partial charge >= 0.3 is 0 Å². The molecule has 0 bridgehead atoms. The van der Waals surface area contributed by atoms with E-state index in [4.69, 9.17) is 0 Å². The summed E-state index contributed by atoms with van der Waals surface area (Å²) in [5.41, 5.74) is -0.137. The number of sulfonamides is 1. The van der Waals surface area contributed by atoms with Gasteiger partial charge in [0, 0.05) is 35.0 Å². The summed E-state index contributed by atoms with van der Waals surface area (Å²) in [6.45, 7) is 0.518. The Hall–Kier alpha value is -2.07. The van der Waals surface area contributed by atoms with Crippen LogP contribution in [-0.4, -0.2) is 17.6 Å². The first-order valence-electron chi connectivity index (χ1n) is 7.26. The summed E-state index contributed by atoms with van der Waals surface area (Å²) in [4.78, 5) is 12.1. The Kier molecular flexibility index (Phi) is 5.28. The quantitative estimate of drug-likeness (QED) is 0.446. The normalized spacial score (nSPS) is 11.7. The van der Waals surface area contributed by atoms with Crippen molar-refractivity contribution in [3.63, 3.8) is 0 Å². The van der Waals surface area contributed by atoms with E-state index in [2.05, 4.69) is 0 Å². The van der Waals surface area contributed by atoms with E-state index in [-0.39, 0.29) is 23.7 Å². The second kappa shape index (κ2) is 7.44. The van der Waals surface area contributed by atoms with Crippen LogP contribution in [-0.2, 0) is 23.1 Å². The number of nitrogens with zero attached hydrogens (tertiary/aromatic N) is 2. The molecule has 2 heterocycles. The Bertz CT molecular complexity index is 898. The third-order valence-corrected chi connectivity index (χ3v) is 7.04. The zero-order valence-electron chi connectivity index (χ0n) is 12.9. The van der Waals surface area contributed by atoms with Gasteiger partial charge in [0.2, 0.25) is 10.0 Å². The smallest absolute Gasteiger partial charge is 0.258 e. The zero-order valence-corrected chi connectivity index (χ0v) is 15.4. The van der Waals surface area contributed by atoms with Crippen LogP contribution in [0.5, 0.6) is 0 Å². The van der Waals surface area contributed by atoms with Crippen molar-refractivity contribution in [1.82, 2.24) is 4.31 Å². The third kappa shape index (κ3) is 4.13. The van der Waals surface area contributed by atoms with Crippen LogP contribution in [0.25, 0.3) is 0 Å². The minimum Gasteiger partial charge on any atom is -0.258 e. The standard InChI is InChI=1S/C16H14N2O4S3/c19-18(20)13-5-7-16(8-6-13)25(21,22)17(11-14-3-1-9-23-14)12-15-4-2-10-24-15/h1-10H,11-12H2.